The van der Waals surface area contributed by atoms with E-state index in [1.54, 1.807) is 28.6 Å². The standard InChI is InChI=1S/C16H18ClN5O/c1-10(11-5-7-12(17)8-6-11)20-16-15(21(2)3)19-9-13(14(18)23)22(16)4/h5-9H,1H2,2-4H3,(H2,18,23). The van der Waals surface area contributed by atoms with E-state index in [9.17, 15) is 4.79 Å². The minimum absolute atomic E-state index is 0.262. The van der Waals surface area contributed by atoms with Gasteiger partial charge in [-0.05, 0) is 17.7 Å². The summed E-state index contributed by atoms with van der Waals surface area (Å²) in [6.07, 6.45) is 1.43. The molecule has 0 fully saturated rings. The van der Waals surface area contributed by atoms with E-state index >= 15 is 0 Å². The molecule has 23 heavy (non-hydrogen) atoms. The normalized spacial score (nSPS) is 11.4. The van der Waals surface area contributed by atoms with Gasteiger partial charge >= 0.3 is 0 Å². The molecule has 0 saturated heterocycles. The average Bonchev–Trinajstić information content (AvgIpc) is 2.49. The molecule has 1 heterocycles. The summed E-state index contributed by atoms with van der Waals surface area (Å²) in [4.78, 5) is 22.1. The quantitative estimate of drug-likeness (QED) is 0.928. The number of aromatic nitrogens is 2. The minimum Gasteiger partial charge on any atom is -0.364 e. The summed E-state index contributed by atoms with van der Waals surface area (Å²) in [7, 11) is 5.40. The number of anilines is 1. The first-order valence-corrected chi connectivity index (χ1v) is 7.21. The molecule has 1 amide bonds. The Morgan fingerprint density at radius 3 is 2.48 bits per heavy atom. The number of rotatable bonds is 4. The summed E-state index contributed by atoms with van der Waals surface area (Å²) in [5.41, 5.74) is 7.48. The van der Waals surface area contributed by atoms with Gasteiger partial charge in [-0.1, -0.05) is 30.3 Å². The van der Waals surface area contributed by atoms with Crippen LogP contribution in [0.2, 0.25) is 5.02 Å². The second kappa shape index (κ2) is 6.66. The van der Waals surface area contributed by atoms with Gasteiger partial charge in [0.25, 0.3) is 5.91 Å². The highest BCUT2D eigenvalue weighted by Crippen LogP contribution is 2.17. The summed E-state index contributed by atoms with van der Waals surface area (Å²) in [5.74, 6) is 0.0338. The second-order valence-electron chi connectivity index (χ2n) is 5.17. The maximum Gasteiger partial charge on any atom is 0.266 e. The van der Waals surface area contributed by atoms with Crippen molar-refractivity contribution < 1.29 is 4.79 Å². The summed E-state index contributed by atoms with van der Waals surface area (Å²) >= 11 is 5.89. The number of nitrogens with zero attached hydrogens (tertiary/aromatic N) is 4. The minimum atomic E-state index is -0.570. The van der Waals surface area contributed by atoms with Crippen LogP contribution in [-0.2, 0) is 7.05 Å². The molecule has 0 atom stereocenters. The van der Waals surface area contributed by atoms with E-state index in [-0.39, 0.29) is 5.69 Å². The van der Waals surface area contributed by atoms with Crippen LogP contribution in [0.4, 0.5) is 5.82 Å². The molecule has 0 bridgehead atoms. The van der Waals surface area contributed by atoms with Gasteiger partial charge in [0.15, 0.2) is 11.3 Å². The molecule has 120 valence electrons. The highest BCUT2D eigenvalue weighted by molar-refractivity contribution is 6.30. The molecule has 6 nitrogen and oxygen atoms in total. The lowest BCUT2D eigenvalue weighted by Gasteiger charge is -2.15. The van der Waals surface area contributed by atoms with Crippen LogP contribution in [-0.4, -0.2) is 29.6 Å². The third kappa shape index (κ3) is 3.60. The Balaban J connectivity index is 2.63. The summed E-state index contributed by atoms with van der Waals surface area (Å²) in [6, 6.07) is 7.19. The highest BCUT2D eigenvalue weighted by atomic mass is 35.5. The zero-order valence-electron chi connectivity index (χ0n) is 13.2. The number of nitrogens with two attached hydrogens (primary N) is 1. The van der Waals surface area contributed by atoms with Crippen molar-refractivity contribution >= 4 is 29.0 Å². The molecule has 7 heteroatoms. The van der Waals surface area contributed by atoms with E-state index in [1.165, 1.54) is 6.20 Å². The molecular weight excluding hydrogens is 314 g/mol. The molecule has 2 aromatic rings. The maximum absolute atomic E-state index is 11.5. The molecule has 0 saturated carbocycles. The molecule has 1 aromatic carbocycles. The van der Waals surface area contributed by atoms with Crippen molar-refractivity contribution in [3.8, 4) is 0 Å². The fourth-order valence-corrected chi connectivity index (χ4v) is 2.16. The lowest BCUT2D eigenvalue weighted by atomic mass is 10.2. The van der Waals surface area contributed by atoms with E-state index in [0.29, 0.717) is 22.0 Å². The van der Waals surface area contributed by atoms with Crippen molar-refractivity contribution in [2.75, 3.05) is 19.0 Å². The van der Waals surface area contributed by atoms with Crippen molar-refractivity contribution in [2.24, 2.45) is 17.8 Å². The van der Waals surface area contributed by atoms with Gasteiger partial charge in [0, 0.05) is 26.2 Å². The average molecular weight is 332 g/mol. The van der Waals surface area contributed by atoms with Crippen LogP contribution in [0.1, 0.15) is 16.1 Å². The zero-order chi connectivity index (χ0) is 17.1. The van der Waals surface area contributed by atoms with Gasteiger partial charge in [0.1, 0.15) is 5.69 Å². The smallest absolute Gasteiger partial charge is 0.266 e. The fraction of sp³-hybridized carbons (Fsp3) is 0.188. The molecule has 1 aromatic heterocycles. The molecule has 0 aliphatic carbocycles. The molecular formula is C16H18ClN5O. The monoisotopic (exact) mass is 331 g/mol. The number of carbonyl (C=O) groups excluding carboxylic acids is 1. The van der Waals surface area contributed by atoms with Crippen LogP contribution in [0.3, 0.4) is 0 Å². The van der Waals surface area contributed by atoms with E-state index in [2.05, 4.69) is 16.6 Å². The number of hydrogen-bond donors (Lipinski definition) is 1. The first-order valence-electron chi connectivity index (χ1n) is 6.84. The topological polar surface area (TPSA) is 76.5 Å². The second-order valence-corrected chi connectivity index (χ2v) is 5.61. The Bertz CT molecular complexity index is 821. The number of primary amides is 1. The Labute approximate surface area is 139 Å². The lowest BCUT2D eigenvalue weighted by molar-refractivity contribution is 0.0991. The predicted octanol–water partition coefficient (Wildman–Crippen LogP) is 1.81. The van der Waals surface area contributed by atoms with Gasteiger partial charge in [-0.3, -0.25) is 4.79 Å². The number of amides is 1. The largest absolute Gasteiger partial charge is 0.364 e. The molecule has 0 radical (unpaired) electrons. The third-order valence-electron chi connectivity index (χ3n) is 3.28. The number of benzene rings is 1. The molecule has 0 aliphatic rings. The molecule has 0 unspecified atom stereocenters. The zero-order valence-corrected chi connectivity index (χ0v) is 14.0. The lowest BCUT2D eigenvalue weighted by Crippen LogP contribution is -2.33. The summed E-state index contributed by atoms with van der Waals surface area (Å²) in [6.45, 7) is 3.98. The SMILES string of the molecule is C=C(N=c1c(N(C)C)ncc(C(N)=O)n1C)c1ccc(Cl)cc1. The van der Waals surface area contributed by atoms with Crippen molar-refractivity contribution in [1.82, 2.24) is 9.55 Å². The Hall–Kier alpha value is -2.60. The van der Waals surface area contributed by atoms with Gasteiger partial charge in [0.05, 0.1) is 11.9 Å². The van der Waals surface area contributed by atoms with Crippen molar-refractivity contribution in [1.29, 1.82) is 0 Å². The molecule has 0 spiro atoms. The number of carbonyl (C=O) groups is 1. The fourth-order valence-electron chi connectivity index (χ4n) is 2.03. The Morgan fingerprint density at radius 1 is 1.35 bits per heavy atom. The van der Waals surface area contributed by atoms with Crippen molar-refractivity contribution in [2.45, 2.75) is 0 Å². The summed E-state index contributed by atoms with van der Waals surface area (Å²) < 4.78 is 1.60. The maximum atomic E-state index is 11.5. The van der Waals surface area contributed by atoms with Gasteiger partial charge < -0.3 is 15.2 Å². The molecule has 0 aliphatic heterocycles. The van der Waals surface area contributed by atoms with Gasteiger partial charge in [0.2, 0.25) is 0 Å². The van der Waals surface area contributed by atoms with Crippen LogP contribution in [0, 0.1) is 0 Å². The van der Waals surface area contributed by atoms with Crippen LogP contribution >= 0.6 is 11.6 Å². The van der Waals surface area contributed by atoms with Crippen LogP contribution in [0.15, 0.2) is 42.0 Å². The molecule has 2 N–H and O–H groups in total. The van der Waals surface area contributed by atoms with Crippen LogP contribution in [0.5, 0.6) is 0 Å². The van der Waals surface area contributed by atoms with Gasteiger partial charge in [-0.2, -0.15) is 0 Å². The Kier molecular flexibility index (Phi) is 4.86. The van der Waals surface area contributed by atoms with Crippen LogP contribution in [0.25, 0.3) is 5.70 Å². The van der Waals surface area contributed by atoms with E-state index < -0.39 is 5.91 Å². The van der Waals surface area contributed by atoms with E-state index in [1.807, 2.05) is 26.2 Å². The molecule has 2 rings (SSSR count). The van der Waals surface area contributed by atoms with Gasteiger partial charge in [-0.25, -0.2) is 9.98 Å². The highest BCUT2D eigenvalue weighted by Gasteiger charge is 2.12. The third-order valence-corrected chi connectivity index (χ3v) is 3.53. The Morgan fingerprint density at radius 2 is 1.96 bits per heavy atom. The van der Waals surface area contributed by atoms with E-state index in [0.717, 1.165) is 5.56 Å². The predicted molar refractivity (Wildman–Crippen MR) is 92.1 cm³/mol. The van der Waals surface area contributed by atoms with Crippen LogP contribution < -0.4 is 16.1 Å². The van der Waals surface area contributed by atoms with Crippen molar-refractivity contribution in [3.63, 3.8) is 0 Å². The summed E-state index contributed by atoms with van der Waals surface area (Å²) in [5, 5.41) is 0.637. The first-order chi connectivity index (χ1) is 10.8. The number of halogens is 1. The van der Waals surface area contributed by atoms with Crippen molar-refractivity contribution in [3.05, 3.63) is 58.8 Å². The van der Waals surface area contributed by atoms with Gasteiger partial charge in [-0.15, -0.1) is 0 Å². The van der Waals surface area contributed by atoms with E-state index in [4.69, 9.17) is 17.3 Å². The first kappa shape index (κ1) is 16.8. The number of hydrogen-bond acceptors (Lipinski definition) is 4.